The largest absolute Gasteiger partial charge is 0.315 e. The molecule has 0 aliphatic heterocycles. The van der Waals surface area contributed by atoms with Crippen molar-refractivity contribution in [3.8, 4) is 0 Å². The van der Waals surface area contributed by atoms with Gasteiger partial charge in [0.25, 0.3) is 0 Å². The maximum absolute atomic E-state index is 12.0. The van der Waals surface area contributed by atoms with E-state index in [9.17, 15) is 14.4 Å². The molecule has 1 N–H and O–H groups in total. The average Bonchev–Trinajstić information content (AvgIpc) is 2.45. The predicted molar refractivity (Wildman–Crippen MR) is 89.0 cm³/mol. The van der Waals surface area contributed by atoms with Gasteiger partial charge in [-0.3, -0.25) is 19.3 Å². The minimum absolute atomic E-state index is 0.0674. The molecule has 0 heterocycles. The zero-order valence-electron chi connectivity index (χ0n) is 14.6. The molecule has 22 heavy (non-hydrogen) atoms. The lowest BCUT2D eigenvalue weighted by atomic mass is 10.1. The summed E-state index contributed by atoms with van der Waals surface area (Å²) < 4.78 is 0. The van der Waals surface area contributed by atoms with E-state index in [0.717, 1.165) is 19.4 Å². The van der Waals surface area contributed by atoms with E-state index in [0.29, 0.717) is 25.3 Å². The van der Waals surface area contributed by atoms with Gasteiger partial charge in [0.05, 0.1) is 19.6 Å². The Morgan fingerprint density at radius 3 is 1.82 bits per heavy atom. The fourth-order valence-electron chi connectivity index (χ4n) is 2.06. The van der Waals surface area contributed by atoms with E-state index in [1.807, 2.05) is 0 Å². The summed E-state index contributed by atoms with van der Waals surface area (Å²) in [5.41, 5.74) is 0. The number of hydrogen-bond donors (Lipinski definition) is 1. The molecule has 0 fully saturated rings. The first-order valence-electron chi connectivity index (χ1n) is 8.39. The van der Waals surface area contributed by atoms with Crippen molar-refractivity contribution in [3.05, 3.63) is 0 Å². The third-order valence-electron chi connectivity index (χ3n) is 3.42. The Kier molecular flexibility index (Phi) is 11.9. The molecule has 0 rings (SSSR count). The fourth-order valence-corrected chi connectivity index (χ4v) is 2.06. The monoisotopic (exact) mass is 312 g/mol. The van der Waals surface area contributed by atoms with Gasteiger partial charge in [-0.1, -0.05) is 27.7 Å². The summed E-state index contributed by atoms with van der Waals surface area (Å²) >= 11 is 0. The summed E-state index contributed by atoms with van der Waals surface area (Å²) in [6.07, 6.45) is 3.19. The zero-order chi connectivity index (χ0) is 17.0. The highest BCUT2D eigenvalue weighted by Crippen LogP contribution is 2.01. The Hall–Kier alpha value is -1.07. The number of carbonyl (C=O) groups excluding carboxylic acids is 3. The maximum Gasteiger partial charge on any atom is 0.146 e. The second kappa shape index (κ2) is 12.5. The van der Waals surface area contributed by atoms with E-state index >= 15 is 0 Å². The van der Waals surface area contributed by atoms with Crippen LogP contribution in [0.25, 0.3) is 0 Å². The Morgan fingerprint density at radius 1 is 0.864 bits per heavy atom. The lowest BCUT2D eigenvalue weighted by Gasteiger charge is -2.19. The van der Waals surface area contributed by atoms with Crippen LogP contribution in [0.15, 0.2) is 0 Å². The van der Waals surface area contributed by atoms with Gasteiger partial charge in [-0.2, -0.15) is 0 Å². The minimum atomic E-state index is 0.0674. The lowest BCUT2D eigenvalue weighted by molar-refractivity contribution is -0.125. The topological polar surface area (TPSA) is 66.5 Å². The van der Waals surface area contributed by atoms with Crippen molar-refractivity contribution in [1.82, 2.24) is 10.2 Å². The molecule has 128 valence electrons. The van der Waals surface area contributed by atoms with Gasteiger partial charge in [0.1, 0.15) is 17.3 Å². The number of nitrogens with one attached hydrogen (secondary N) is 1. The third-order valence-corrected chi connectivity index (χ3v) is 3.42. The molecule has 0 amide bonds. The molecule has 5 heteroatoms. The summed E-state index contributed by atoms with van der Waals surface area (Å²) in [7, 11) is 0. The molecule has 0 radical (unpaired) electrons. The second-order valence-electron chi connectivity index (χ2n) is 6.03. The van der Waals surface area contributed by atoms with E-state index in [4.69, 9.17) is 0 Å². The van der Waals surface area contributed by atoms with Gasteiger partial charge in [-0.15, -0.1) is 0 Å². The van der Waals surface area contributed by atoms with Gasteiger partial charge in [-0.25, -0.2) is 0 Å². The predicted octanol–water partition coefficient (Wildman–Crippen LogP) is 1.98. The van der Waals surface area contributed by atoms with Gasteiger partial charge in [0.15, 0.2) is 0 Å². The van der Waals surface area contributed by atoms with Gasteiger partial charge in [0, 0.05) is 25.3 Å². The van der Waals surface area contributed by atoms with Crippen LogP contribution in [-0.4, -0.2) is 54.5 Å². The Morgan fingerprint density at radius 2 is 1.36 bits per heavy atom. The van der Waals surface area contributed by atoms with Crippen LogP contribution in [0, 0.1) is 0 Å². The van der Waals surface area contributed by atoms with Crippen molar-refractivity contribution < 1.29 is 14.4 Å². The number of hydrogen-bond acceptors (Lipinski definition) is 5. The summed E-state index contributed by atoms with van der Waals surface area (Å²) in [6.45, 7) is 9.30. The van der Waals surface area contributed by atoms with Crippen LogP contribution in [0.5, 0.6) is 0 Å². The zero-order valence-corrected chi connectivity index (χ0v) is 14.6. The number of unbranched alkanes of at least 4 members (excludes halogenated alkanes) is 1. The Bertz CT molecular complexity index is 336. The highest BCUT2D eigenvalue weighted by molar-refractivity contribution is 5.86. The standard InChI is InChI=1S/C17H32N2O3/c1-5-15(20)11-19(12-16(21)6-2)13-17(22)9-7-8-10-18-14(3)4/h14,18H,5-13H2,1-4H3. The van der Waals surface area contributed by atoms with Crippen molar-refractivity contribution in [2.24, 2.45) is 0 Å². The molecule has 0 aromatic carbocycles. The Labute approximate surface area is 134 Å². The van der Waals surface area contributed by atoms with Crippen LogP contribution in [0.2, 0.25) is 0 Å². The quantitative estimate of drug-likeness (QED) is 0.497. The first-order chi connectivity index (χ1) is 10.4. The molecule has 0 spiro atoms. The lowest BCUT2D eigenvalue weighted by Crippen LogP contribution is -2.38. The maximum atomic E-state index is 12.0. The molecule has 0 unspecified atom stereocenters. The van der Waals surface area contributed by atoms with E-state index in [-0.39, 0.29) is 37.0 Å². The molecular formula is C17H32N2O3. The summed E-state index contributed by atoms with van der Waals surface area (Å²) in [4.78, 5) is 36.8. The van der Waals surface area contributed by atoms with Crippen molar-refractivity contribution in [2.45, 2.75) is 65.8 Å². The van der Waals surface area contributed by atoms with Gasteiger partial charge in [0.2, 0.25) is 0 Å². The number of carbonyl (C=O) groups is 3. The van der Waals surface area contributed by atoms with Crippen LogP contribution < -0.4 is 5.32 Å². The van der Waals surface area contributed by atoms with Gasteiger partial charge < -0.3 is 5.32 Å². The molecule has 0 atom stereocenters. The summed E-state index contributed by atoms with van der Waals surface area (Å²) in [5, 5.41) is 3.32. The second-order valence-corrected chi connectivity index (χ2v) is 6.03. The fraction of sp³-hybridized carbons (Fsp3) is 0.824. The molecule has 5 nitrogen and oxygen atoms in total. The first kappa shape index (κ1) is 20.9. The van der Waals surface area contributed by atoms with Gasteiger partial charge >= 0.3 is 0 Å². The Balaban J connectivity index is 4.13. The molecule has 0 saturated heterocycles. The highest BCUT2D eigenvalue weighted by atomic mass is 16.1. The van der Waals surface area contributed by atoms with E-state index < -0.39 is 0 Å². The average molecular weight is 312 g/mol. The molecular weight excluding hydrogens is 280 g/mol. The van der Waals surface area contributed by atoms with Crippen LogP contribution in [0.1, 0.15) is 59.8 Å². The summed E-state index contributed by atoms with van der Waals surface area (Å²) in [6, 6.07) is 0.464. The highest BCUT2D eigenvalue weighted by Gasteiger charge is 2.16. The first-order valence-corrected chi connectivity index (χ1v) is 8.39. The van der Waals surface area contributed by atoms with Crippen LogP contribution in [0.3, 0.4) is 0 Å². The van der Waals surface area contributed by atoms with Crippen molar-refractivity contribution in [3.63, 3.8) is 0 Å². The normalized spacial score (nSPS) is 11.2. The summed E-state index contributed by atoms with van der Waals surface area (Å²) in [5.74, 6) is 0.244. The van der Waals surface area contributed by atoms with Crippen LogP contribution >= 0.6 is 0 Å². The third kappa shape index (κ3) is 11.6. The number of rotatable bonds is 14. The molecule has 0 saturated carbocycles. The molecule has 0 aliphatic carbocycles. The van der Waals surface area contributed by atoms with Crippen LogP contribution in [0.4, 0.5) is 0 Å². The molecule has 0 bridgehead atoms. The SMILES string of the molecule is CCC(=O)CN(CC(=O)CC)CC(=O)CCCCNC(C)C. The van der Waals surface area contributed by atoms with Crippen molar-refractivity contribution >= 4 is 17.3 Å². The smallest absolute Gasteiger partial charge is 0.146 e. The molecule has 0 aromatic rings. The molecule has 0 aliphatic rings. The van der Waals surface area contributed by atoms with E-state index in [1.165, 1.54) is 0 Å². The number of nitrogens with zero attached hydrogens (tertiary/aromatic N) is 1. The number of Topliss-reactive ketones (excluding diaryl/α,β-unsaturated/α-hetero) is 3. The van der Waals surface area contributed by atoms with Crippen molar-refractivity contribution in [2.75, 3.05) is 26.2 Å². The van der Waals surface area contributed by atoms with E-state index in [2.05, 4.69) is 19.2 Å². The van der Waals surface area contributed by atoms with Gasteiger partial charge in [-0.05, 0) is 19.4 Å². The minimum Gasteiger partial charge on any atom is -0.315 e. The van der Waals surface area contributed by atoms with Crippen LogP contribution in [-0.2, 0) is 14.4 Å². The van der Waals surface area contributed by atoms with E-state index in [1.54, 1.807) is 18.7 Å². The number of ketones is 3. The molecule has 0 aromatic heterocycles. The van der Waals surface area contributed by atoms with Crippen molar-refractivity contribution in [1.29, 1.82) is 0 Å².